The van der Waals surface area contributed by atoms with E-state index in [1.165, 1.54) is 11.8 Å². The van der Waals surface area contributed by atoms with E-state index in [1.807, 2.05) is 37.3 Å². The van der Waals surface area contributed by atoms with Gasteiger partial charge in [0.05, 0.1) is 16.8 Å². The second-order valence-electron chi connectivity index (χ2n) is 5.73. The molecule has 1 heterocycles. The monoisotopic (exact) mass is 368 g/mol. The normalized spacial score (nSPS) is 12.0. The third-order valence-electron chi connectivity index (χ3n) is 3.99. The molecule has 1 aromatic heterocycles. The number of rotatable bonds is 7. The highest BCUT2D eigenvalue weighted by atomic mass is 32.2. The molecule has 1 atom stereocenters. The number of hydrogen-bond acceptors (Lipinski definition) is 4. The lowest BCUT2D eigenvalue weighted by Gasteiger charge is -2.15. The van der Waals surface area contributed by atoms with Gasteiger partial charge in [-0.15, -0.1) is 0 Å². The SMILES string of the molecule is CCn1c(SCC(=O)NC(C(N)=O)c2ccccc2)nc2ccccc21. The topological polar surface area (TPSA) is 90.0 Å². The van der Waals surface area contributed by atoms with E-state index in [0.717, 1.165) is 22.7 Å². The number of para-hydroxylation sites is 2. The van der Waals surface area contributed by atoms with Crippen LogP contribution in [0.2, 0.25) is 0 Å². The Morgan fingerprint density at radius 2 is 1.85 bits per heavy atom. The first-order chi connectivity index (χ1) is 12.6. The number of aryl methyl sites for hydroxylation is 1. The van der Waals surface area contributed by atoms with Crippen LogP contribution in [0.5, 0.6) is 0 Å². The Labute approximate surface area is 155 Å². The van der Waals surface area contributed by atoms with Crippen molar-refractivity contribution in [1.29, 1.82) is 0 Å². The van der Waals surface area contributed by atoms with Crippen LogP contribution in [0.4, 0.5) is 0 Å². The van der Waals surface area contributed by atoms with Crippen LogP contribution in [0, 0.1) is 0 Å². The first kappa shape index (κ1) is 18.0. The van der Waals surface area contributed by atoms with Crippen LogP contribution in [0.1, 0.15) is 18.5 Å². The van der Waals surface area contributed by atoms with Gasteiger partial charge in [-0.2, -0.15) is 0 Å². The summed E-state index contributed by atoms with van der Waals surface area (Å²) in [5.74, 6) is -0.701. The number of imidazole rings is 1. The van der Waals surface area contributed by atoms with Crippen molar-refractivity contribution in [3.05, 3.63) is 60.2 Å². The smallest absolute Gasteiger partial charge is 0.244 e. The van der Waals surface area contributed by atoms with Gasteiger partial charge >= 0.3 is 0 Å². The molecule has 0 bridgehead atoms. The molecule has 0 fully saturated rings. The Morgan fingerprint density at radius 1 is 1.15 bits per heavy atom. The lowest BCUT2D eigenvalue weighted by atomic mass is 10.1. The van der Waals surface area contributed by atoms with Crippen molar-refractivity contribution in [1.82, 2.24) is 14.9 Å². The molecule has 134 valence electrons. The van der Waals surface area contributed by atoms with Crippen molar-refractivity contribution < 1.29 is 9.59 Å². The van der Waals surface area contributed by atoms with Crippen LogP contribution >= 0.6 is 11.8 Å². The van der Waals surface area contributed by atoms with Crippen LogP contribution < -0.4 is 11.1 Å². The molecule has 3 N–H and O–H groups in total. The summed E-state index contributed by atoms with van der Waals surface area (Å²) in [4.78, 5) is 28.6. The van der Waals surface area contributed by atoms with E-state index >= 15 is 0 Å². The summed E-state index contributed by atoms with van der Waals surface area (Å²) in [5, 5.41) is 3.48. The van der Waals surface area contributed by atoms with Gasteiger partial charge in [-0.05, 0) is 24.6 Å². The molecule has 0 aliphatic rings. The minimum absolute atomic E-state index is 0.153. The van der Waals surface area contributed by atoms with Crippen molar-refractivity contribution in [2.45, 2.75) is 24.7 Å². The fourth-order valence-corrected chi connectivity index (χ4v) is 3.66. The Bertz CT molecular complexity index is 924. The van der Waals surface area contributed by atoms with Crippen LogP contribution in [0.25, 0.3) is 11.0 Å². The molecule has 7 heteroatoms. The quantitative estimate of drug-likeness (QED) is 0.627. The van der Waals surface area contributed by atoms with E-state index in [-0.39, 0.29) is 11.7 Å². The number of nitrogens with one attached hydrogen (secondary N) is 1. The van der Waals surface area contributed by atoms with E-state index in [2.05, 4.69) is 14.9 Å². The van der Waals surface area contributed by atoms with Crippen molar-refractivity contribution in [3.63, 3.8) is 0 Å². The fourth-order valence-electron chi connectivity index (χ4n) is 2.77. The van der Waals surface area contributed by atoms with Gasteiger partial charge in [0.25, 0.3) is 0 Å². The predicted octanol–water partition coefficient (Wildman–Crippen LogP) is 2.49. The minimum Gasteiger partial charge on any atom is -0.368 e. The molecule has 2 aromatic carbocycles. The molecule has 3 aromatic rings. The number of hydrogen-bond donors (Lipinski definition) is 2. The molecular weight excluding hydrogens is 348 g/mol. The van der Waals surface area contributed by atoms with Crippen LogP contribution in [-0.4, -0.2) is 27.1 Å². The number of fused-ring (bicyclic) bond motifs is 1. The van der Waals surface area contributed by atoms with Crippen LogP contribution in [0.15, 0.2) is 59.8 Å². The van der Waals surface area contributed by atoms with Crippen molar-refractivity contribution in [2.75, 3.05) is 5.75 Å². The summed E-state index contributed by atoms with van der Waals surface area (Å²) < 4.78 is 2.07. The molecule has 6 nitrogen and oxygen atoms in total. The number of amides is 2. The molecule has 0 radical (unpaired) electrons. The van der Waals surface area contributed by atoms with E-state index in [4.69, 9.17) is 5.73 Å². The molecular formula is C19H20N4O2S. The number of primary amides is 1. The average Bonchev–Trinajstić information content (AvgIpc) is 3.02. The molecule has 0 saturated heterocycles. The third kappa shape index (κ3) is 3.88. The molecule has 3 rings (SSSR count). The second kappa shape index (κ2) is 8.05. The maximum Gasteiger partial charge on any atom is 0.244 e. The zero-order valence-electron chi connectivity index (χ0n) is 14.4. The van der Waals surface area contributed by atoms with Gasteiger partial charge in [0.2, 0.25) is 11.8 Å². The largest absolute Gasteiger partial charge is 0.368 e. The lowest BCUT2D eigenvalue weighted by molar-refractivity contribution is -0.126. The summed E-state index contributed by atoms with van der Waals surface area (Å²) in [6.07, 6.45) is 0. The molecule has 0 saturated carbocycles. The summed E-state index contributed by atoms with van der Waals surface area (Å²) in [6.45, 7) is 2.80. The fraction of sp³-hybridized carbons (Fsp3) is 0.211. The third-order valence-corrected chi connectivity index (χ3v) is 4.97. The first-order valence-corrected chi connectivity index (χ1v) is 9.30. The van der Waals surface area contributed by atoms with Crippen molar-refractivity contribution >= 4 is 34.6 Å². The van der Waals surface area contributed by atoms with Gasteiger partial charge in [-0.3, -0.25) is 9.59 Å². The number of thioether (sulfide) groups is 1. The zero-order valence-corrected chi connectivity index (χ0v) is 15.2. The highest BCUT2D eigenvalue weighted by Gasteiger charge is 2.20. The zero-order chi connectivity index (χ0) is 18.5. The van der Waals surface area contributed by atoms with Gasteiger partial charge in [-0.1, -0.05) is 54.2 Å². The van der Waals surface area contributed by atoms with Crippen LogP contribution in [-0.2, 0) is 16.1 Å². The molecule has 1 unspecified atom stereocenters. The molecule has 0 aliphatic carbocycles. The van der Waals surface area contributed by atoms with Gasteiger partial charge < -0.3 is 15.6 Å². The van der Waals surface area contributed by atoms with Crippen LogP contribution in [0.3, 0.4) is 0 Å². The first-order valence-electron chi connectivity index (χ1n) is 8.32. The van der Waals surface area contributed by atoms with E-state index in [9.17, 15) is 9.59 Å². The van der Waals surface area contributed by atoms with Gasteiger partial charge in [0, 0.05) is 6.54 Å². The Balaban J connectivity index is 1.70. The number of nitrogens with zero attached hydrogens (tertiary/aromatic N) is 2. The van der Waals surface area contributed by atoms with Gasteiger partial charge in [-0.25, -0.2) is 4.98 Å². The summed E-state index contributed by atoms with van der Waals surface area (Å²) in [7, 11) is 0. The summed E-state index contributed by atoms with van der Waals surface area (Å²) in [5.41, 5.74) is 8.05. The second-order valence-corrected chi connectivity index (χ2v) is 6.67. The standard InChI is InChI=1S/C19H20N4O2S/c1-2-23-15-11-7-6-10-14(15)21-19(23)26-12-16(24)22-17(18(20)25)13-8-4-3-5-9-13/h3-11,17H,2,12H2,1H3,(H2,20,25)(H,22,24). The number of benzene rings is 2. The number of aromatic nitrogens is 2. The Morgan fingerprint density at radius 3 is 2.54 bits per heavy atom. The Kier molecular flexibility index (Phi) is 5.58. The lowest BCUT2D eigenvalue weighted by Crippen LogP contribution is -2.38. The minimum atomic E-state index is -0.839. The van der Waals surface area contributed by atoms with Crippen molar-refractivity contribution in [2.24, 2.45) is 5.73 Å². The molecule has 0 spiro atoms. The van der Waals surface area contributed by atoms with E-state index in [0.29, 0.717) is 5.56 Å². The maximum atomic E-state index is 12.3. The number of carbonyl (C=O) groups excluding carboxylic acids is 2. The van der Waals surface area contributed by atoms with Gasteiger partial charge in [0.1, 0.15) is 6.04 Å². The summed E-state index contributed by atoms with van der Waals surface area (Å²) >= 11 is 1.34. The van der Waals surface area contributed by atoms with Gasteiger partial charge in [0.15, 0.2) is 5.16 Å². The highest BCUT2D eigenvalue weighted by Crippen LogP contribution is 2.24. The molecule has 2 amide bonds. The number of carbonyl (C=O) groups is 2. The number of nitrogens with two attached hydrogens (primary N) is 1. The molecule has 26 heavy (non-hydrogen) atoms. The predicted molar refractivity (Wildman–Crippen MR) is 103 cm³/mol. The van der Waals surface area contributed by atoms with Crippen molar-refractivity contribution in [3.8, 4) is 0 Å². The average molecular weight is 368 g/mol. The molecule has 0 aliphatic heterocycles. The maximum absolute atomic E-state index is 12.3. The Hall–Kier alpha value is -2.80. The highest BCUT2D eigenvalue weighted by molar-refractivity contribution is 7.99. The summed E-state index contributed by atoms with van der Waals surface area (Å²) in [6, 6.07) is 16.0. The van der Waals surface area contributed by atoms with E-state index in [1.54, 1.807) is 24.3 Å². The van der Waals surface area contributed by atoms with E-state index < -0.39 is 11.9 Å².